The van der Waals surface area contributed by atoms with Crippen molar-refractivity contribution >= 4 is 11.0 Å². The van der Waals surface area contributed by atoms with E-state index in [4.69, 9.17) is 13.9 Å². The van der Waals surface area contributed by atoms with Crippen molar-refractivity contribution in [1.82, 2.24) is 9.88 Å². The molecule has 0 atom stereocenters. The van der Waals surface area contributed by atoms with Crippen molar-refractivity contribution in [2.24, 2.45) is 0 Å². The summed E-state index contributed by atoms with van der Waals surface area (Å²) in [7, 11) is 3.36. The second-order valence-corrected chi connectivity index (χ2v) is 7.31. The number of fused-ring (bicyclic) bond motifs is 1. The molecule has 0 amide bonds. The highest BCUT2D eigenvalue weighted by molar-refractivity contribution is 5.82. The first-order chi connectivity index (χ1) is 14.7. The third-order valence-electron chi connectivity index (χ3n) is 5.33. The summed E-state index contributed by atoms with van der Waals surface area (Å²) in [4.78, 5) is 6.54. The van der Waals surface area contributed by atoms with E-state index in [1.54, 1.807) is 14.2 Å². The molecule has 4 aromatic rings. The van der Waals surface area contributed by atoms with Gasteiger partial charge in [-0.05, 0) is 36.8 Å². The van der Waals surface area contributed by atoms with Crippen molar-refractivity contribution in [2.75, 3.05) is 14.2 Å². The average Bonchev–Trinajstić information content (AvgIpc) is 3.09. The smallest absolute Gasteiger partial charge is 0.134 e. The topological polar surface area (TPSA) is 47.7 Å². The van der Waals surface area contributed by atoms with E-state index in [1.165, 1.54) is 11.1 Å². The Morgan fingerprint density at radius 3 is 2.47 bits per heavy atom. The number of benzene rings is 2. The van der Waals surface area contributed by atoms with Gasteiger partial charge in [-0.2, -0.15) is 0 Å². The molecule has 0 aliphatic rings. The molecule has 0 aliphatic heterocycles. The molecule has 0 unspecified atom stereocenters. The fourth-order valence-corrected chi connectivity index (χ4v) is 3.78. The number of rotatable bonds is 8. The molecule has 0 bridgehead atoms. The minimum Gasteiger partial charge on any atom is -0.497 e. The molecule has 0 aliphatic carbocycles. The van der Waals surface area contributed by atoms with E-state index >= 15 is 0 Å². The van der Waals surface area contributed by atoms with E-state index < -0.39 is 0 Å². The number of ether oxygens (including phenoxy) is 2. The maximum absolute atomic E-state index is 6.00. The van der Waals surface area contributed by atoms with Gasteiger partial charge in [-0.15, -0.1) is 0 Å². The Balaban J connectivity index is 1.67. The average molecular weight is 402 g/mol. The summed E-state index contributed by atoms with van der Waals surface area (Å²) in [6, 6.07) is 18.3. The number of methoxy groups -OCH3 is 2. The molecule has 0 saturated carbocycles. The number of pyridine rings is 1. The minimum atomic E-state index is 0.731. The van der Waals surface area contributed by atoms with Gasteiger partial charge in [-0.1, -0.05) is 24.3 Å². The molecule has 0 N–H and O–H groups in total. The van der Waals surface area contributed by atoms with Crippen LogP contribution >= 0.6 is 0 Å². The molecular formula is C25H26N2O3. The van der Waals surface area contributed by atoms with Gasteiger partial charge in [0.15, 0.2) is 0 Å². The van der Waals surface area contributed by atoms with Crippen molar-refractivity contribution in [1.29, 1.82) is 0 Å². The van der Waals surface area contributed by atoms with Crippen LogP contribution < -0.4 is 9.47 Å². The molecule has 4 rings (SSSR count). The van der Waals surface area contributed by atoms with Gasteiger partial charge >= 0.3 is 0 Å². The molecule has 2 heterocycles. The summed E-state index contributed by atoms with van der Waals surface area (Å²) >= 11 is 0. The molecule has 2 aromatic carbocycles. The van der Waals surface area contributed by atoms with E-state index in [2.05, 4.69) is 40.2 Å². The summed E-state index contributed by atoms with van der Waals surface area (Å²) in [5.41, 5.74) is 4.46. The van der Waals surface area contributed by atoms with Crippen LogP contribution in [0.15, 0.2) is 71.4 Å². The van der Waals surface area contributed by atoms with Crippen molar-refractivity contribution in [2.45, 2.75) is 26.6 Å². The quantitative estimate of drug-likeness (QED) is 0.397. The molecule has 2 aromatic heterocycles. The molecule has 0 spiro atoms. The Labute approximate surface area is 176 Å². The predicted molar refractivity (Wildman–Crippen MR) is 118 cm³/mol. The Morgan fingerprint density at radius 1 is 0.900 bits per heavy atom. The lowest BCUT2D eigenvalue weighted by molar-refractivity contribution is 0.242. The highest BCUT2D eigenvalue weighted by atomic mass is 16.5. The maximum Gasteiger partial charge on any atom is 0.134 e. The molecule has 0 saturated heterocycles. The zero-order valence-corrected chi connectivity index (χ0v) is 17.6. The molecule has 0 fully saturated rings. The molecule has 154 valence electrons. The Hall–Kier alpha value is -3.31. The number of furan rings is 1. The van der Waals surface area contributed by atoms with Crippen LogP contribution in [0.4, 0.5) is 0 Å². The van der Waals surface area contributed by atoms with Crippen LogP contribution in [0.1, 0.15) is 22.5 Å². The van der Waals surface area contributed by atoms with E-state index in [0.717, 1.165) is 53.4 Å². The highest BCUT2D eigenvalue weighted by Gasteiger charge is 2.17. The lowest BCUT2D eigenvalue weighted by Crippen LogP contribution is -2.23. The Bertz CT molecular complexity index is 1120. The van der Waals surface area contributed by atoms with Crippen LogP contribution in [0.2, 0.25) is 0 Å². The Kier molecular flexibility index (Phi) is 6.00. The van der Waals surface area contributed by atoms with Crippen molar-refractivity contribution in [3.63, 3.8) is 0 Å². The number of hydrogen-bond donors (Lipinski definition) is 0. The van der Waals surface area contributed by atoms with E-state index in [-0.39, 0.29) is 0 Å². The summed E-state index contributed by atoms with van der Waals surface area (Å²) in [5.74, 6) is 2.56. The largest absolute Gasteiger partial charge is 0.497 e. The van der Waals surface area contributed by atoms with Crippen molar-refractivity contribution in [3.8, 4) is 11.5 Å². The van der Waals surface area contributed by atoms with Gasteiger partial charge < -0.3 is 13.9 Å². The van der Waals surface area contributed by atoms with Crippen LogP contribution in [0, 0.1) is 6.92 Å². The highest BCUT2D eigenvalue weighted by Crippen LogP contribution is 2.30. The molecule has 5 nitrogen and oxygen atoms in total. The molecule has 30 heavy (non-hydrogen) atoms. The fraction of sp³-hybridized carbons (Fsp3) is 0.240. The van der Waals surface area contributed by atoms with Gasteiger partial charge in [-0.25, -0.2) is 0 Å². The van der Waals surface area contributed by atoms with Crippen LogP contribution in [-0.4, -0.2) is 24.1 Å². The van der Waals surface area contributed by atoms with Crippen LogP contribution in [0.5, 0.6) is 11.5 Å². The third-order valence-corrected chi connectivity index (χ3v) is 5.33. The lowest BCUT2D eigenvalue weighted by Gasteiger charge is -2.24. The van der Waals surface area contributed by atoms with Crippen LogP contribution in [-0.2, 0) is 19.6 Å². The number of nitrogens with zero attached hydrogens (tertiary/aromatic N) is 2. The minimum absolute atomic E-state index is 0.731. The van der Waals surface area contributed by atoms with Gasteiger partial charge in [0, 0.05) is 54.6 Å². The number of hydrogen-bond acceptors (Lipinski definition) is 5. The zero-order valence-electron chi connectivity index (χ0n) is 17.6. The van der Waals surface area contributed by atoms with E-state index in [1.807, 2.05) is 43.6 Å². The van der Waals surface area contributed by atoms with Gasteiger partial charge in [-0.3, -0.25) is 9.88 Å². The fourth-order valence-electron chi connectivity index (χ4n) is 3.78. The van der Waals surface area contributed by atoms with E-state index in [9.17, 15) is 0 Å². The molecular weight excluding hydrogens is 376 g/mol. The second-order valence-electron chi connectivity index (χ2n) is 7.31. The van der Waals surface area contributed by atoms with Gasteiger partial charge in [0.2, 0.25) is 0 Å². The first kappa shape index (κ1) is 20.0. The monoisotopic (exact) mass is 402 g/mol. The predicted octanol–water partition coefficient (Wildman–Crippen LogP) is 5.36. The number of aryl methyl sites for hydroxylation is 1. The zero-order chi connectivity index (χ0) is 20.9. The van der Waals surface area contributed by atoms with Gasteiger partial charge in [0.05, 0.1) is 14.2 Å². The summed E-state index contributed by atoms with van der Waals surface area (Å²) in [6.07, 6.45) is 3.67. The second kappa shape index (κ2) is 9.01. The van der Waals surface area contributed by atoms with Gasteiger partial charge in [0.25, 0.3) is 0 Å². The lowest BCUT2D eigenvalue weighted by atomic mass is 10.1. The normalized spacial score (nSPS) is 11.2. The summed E-state index contributed by atoms with van der Waals surface area (Å²) in [5, 5.41) is 1.16. The van der Waals surface area contributed by atoms with E-state index in [0.29, 0.717) is 0 Å². The SMILES string of the molecule is COc1ccc(CN(Cc2ccncc2)Cc2c(C)oc3ccccc23)c(OC)c1. The summed E-state index contributed by atoms with van der Waals surface area (Å²) in [6.45, 7) is 4.32. The van der Waals surface area contributed by atoms with Gasteiger partial charge in [0.1, 0.15) is 22.8 Å². The van der Waals surface area contributed by atoms with Crippen LogP contribution in [0.3, 0.4) is 0 Å². The first-order valence-electron chi connectivity index (χ1n) is 9.97. The Morgan fingerprint density at radius 2 is 1.70 bits per heavy atom. The van der Waals surface area contributed by atoms with Crippen LogP contribution in [0.25, 0.3) is 11.0 Å². The number of para-hydroxylation sites is 1. The van der Waals surface area contributed by atoms with Crippen molar-refractivity contribution < 1.29 is 13.9 Å². The standard InChI is InChI=1S/C25H26N2O3/c1-18-23(22-6-4-5-7-24(22)30-18)17-27(15-19-10-12-26-13-11-19)16-20-8-9-21(28-2)14-25(20)29-3/h4-14H,15-17H2,1-3H3. The maximum atomic E-state index is 6.00. The summed E-state index contributed by atoms with van der Waals surface area (Å²) < 4.78 is 17.0. The molecule has 0 radical (unpaired) electrons. The van der Waals surface area contributed by atoms with Crippen molar-refractivity contribution in [3.05, 3.63) is 89.4 Å². The number of aromatic nitrogens is 1. The molecule has 5 heteroatoms. The third kappa shape index (κ3) is 4.31. The first-order valence-corrected chi connectivity index (χ1v) is 9.97.